The number of aromatic hydroxyl groups is 1. The van der Waals surface area contributed by atoms with Crippen molar-refractivity contribution in [3.63, 3.8) is 0 Å². The zero-order chi connectivity index (χ0) is 19.6. The van der Waals surface area contributed by atoms with E-state index in [2.05, 4.69) is 5.32 Å². The molecule has 3 N–H and O–H groups in total. The molecule has 3 rings (SSSR count). The Morgan fingerprint density at radius 2 is 1.85 bits per heavy atom. The molecule has 0 radical (unpaired) electrons. The lowest BCUT2D eigenvalue weighted by Gasteiger charge is -2.19. The number of phenols is 1. The Hall–Kier alpha value is -3.12. The lowest BCUT2D eigenvalue weighted by Crippen LogP contribution is -2.40. The number of carboxylic acids is 1. The van der Waals surface area contributed by atoms with Crippen LogP contribution in [0.1, 0.15) is 19.4 Å². The molecule has 140 valence electrons. The smallest absolute Gasteiger partial charge is 0.336 e. The van der Waals surface area contributed by atoms with Crippen molar-refractivity contribution in [1.82, 2.24) is 5.32 Å². The maximum Gasteiger partial charge on any atom is 0.336 e. The molecule has 0 fully saturated rings. The summed E-state index contributed by atoms with van der Waals surface area (Å²) in [5.74, 6) is -1.18. The molecule has 0 aliphatic carbocycles. The third-order valence-corrected chi connectivity index (χ3v) is 4.51. The Kier molecular flexibility index (Phi) is 5.28. The summed E-state index contributed by atoms with van der Waals surface area (Å²) in [5, 5.41) is 23.2. The summed E-state index contributed by atoms with van der Waals surface area (Å²) in [5.41, 5.74) is 1.62. The minimum atomic E-state index is -0.976. The van der Waals surface area contributed by atoms with Gasteiger partial charge >= 0.3 is 11.6 Å². The third-order valence-electron chi connectivity index (χ3n) is 4.51. The molecule has 6 heteroatoms. The van der Waals surface area contributed by atoms with Gasteiger partial charge in [0.25, 0.3) is 0 Å². The van der Waals surface area contributed by atoms with Gasteiger partial charge in [-0.2, -0.15) is 0 Å². The number of carbonyl (C=O) groups is 1. The van der Waals surface area contributed by atoms with Crippen LogP contribution in [0.4, 0.5) is 0 Å². The van der Waals surface area contributed by atoms with Crippen molar-refractivity contribution in [3.05, 3.63) is 64.5 Å². The molecule has 6 nitrogen and oxygen atoms in total. The highest BCUT2D eigenvalue weighted by Crippen LogP contribution is 2.33. The van der Waals surface area contributed by atoms with Crippen molar-refractivity contribution in [2.45, 2.75) is 26.4 Å². The van der Waals surface area contributed by atoms with Crippen molar-refractivity contribution in [2.24, 2.45) is 5.92 Å². The van der Waals surface area contributed by atoms with E-state index in [4.69, 9.17) is 4.42 Å². The van der Waals surface area contributed by atoms with Crippen LogP contribution in [0.3, 0.4) is 0 Å². The van der Waals surface area contributed by atoms with Crippen LogP contribution in [0.2, 0.25) is 0 Å². The largest absolute Gasteiger partial charge is 0.507 e. The van der Waals surface area contributed by atoms with E-state index >= 15 is 0 Å². The summed E-state index contributed by atoms with van der Waals surface area (Å²) < 4.78 is 5.39. The molecule has 1 atom stereocenters. The van der Waals surface area contributed by atoms with Crippen molar-refractivity contribution < 1.29 is 19.4 Å². The third kappa shape index (κ3) is 3.85. The molecule has 0 aliphatic heterocycles. The van der Waals surface area contributed by atoms with E-state index in [1.165, 1.54) is 12.1 Å². The van der Waals surface area contributed by atoms with Gasteiger partial charge in [0.15, 0.2) is 0 Å². The number of aliphatic carboxylic acids is 1. The summed E-state index contributed by atoms with van der Waals surface area (Å²) >= 11 is 0. The van der Waals surface area contributed by atoms with Crippen LogP contribution in [-0.2, 0) is 11.3 Å². The molecule has 0 bridgehead atoms. The molecule has 3 aromatic rings. The SMILES string of the molecule is CC(C)[C@@H](NCc1c(O)ccc2c(-c3ccccc3)cc(=O)oc12)C(=O)O. The van der Waals surface area contributed by atoms with Gasteiger partial charge in [-0.15, -0.1) is 0 Å². The van der Waals surface area contributed by atoms with Gasteiger partial charge in [0.1, 0.15) is 17.4 Å². The highest BCUT2D eigenvalue weighted by molar-refractivity contribution is 5.95. The Bertz CT molecular complexity index is 1020. The summed E-state index contributed by atoms with van der Waals surface area (Å²) in [4.78, 5) is 23.5. The molecule has 27 heavy (non-hydrogen) atoms. The van der Waals surface area contributed by atoms with E-state index in [9.17, 15) is 19.8 Å². The van der Waals surface area contributed by atoms with Crippen LogP contribution in [0.15, 0.2) is 57.7 Å². The van der Waals surface area contributed by atoms with Gasteiger partial charge < -0.3 is 14.6 Å². The highest BCUT2D eigenvalue weighted by atomic mass is 16.4. The monoisotopic (exact) mass is 367 g/mol. The van der Waals surface area contributed by atoms with Crippen LogP contribution in [0.5, 0.6) is 5.75 Å². The Morgan fingerprint density at radius 1 is 1.15 bits per heavy atom. The fourth-order valence-corrected chi connectivity index (χ4v) is 3.12. The predicted octanol–water partition coefficient (Wildman–Crippen LogP) is 3.36. The average molecular weight is 367 g/mol. The van der Waals surface area contributed by atoms with Crippen molar-refractivity contribution in [2.75, 3.05) is 0 Å². The van der Waals surface area contributed by atoms with Crippen molar-refractivity contribution in [1.29, 1.82) is 0 Å². The Balaban J connectivity index is 2.11. The number of rotatable bonds is 6. The second kappa shape index (κ2) is 7.63. The van der Waals surface area contributed by atoms with E-state index < -0.39 is 17.6 Å². The van der Waals surface area contributed by atoms with Gasteiger partial charge in [0, 0.05) is 18.0 Å². The summed E-state index contributed by atoms with van der Waals surface area (Å²) in [6, 6.07) is 13.3. The molecule has 2 aromatic carbocycles. The topological polar surface area (TPSA) is 99.8 Å². The highest BCUT2D eigenvalue weighted by Gasteiger charge is 2.22. The number of hydrogen-bond donors (Lipinski definition) is 3. The number of nitrogens with one attached hydrogen (secondary N) is 1. The van der Waals surface area contributed by atoms with Crippen LogP contribution < -0.4 is 10.9 Å². The number of benzene rings is 2. The molecule has 0 spiro atoms. The first-order valence-corrected chi connectivity index (χ1v) is 8.68. The van der Waals surface area contributed by atoms with Gasteiger partial charge in [-0.1, -0.05) is 44.2 Å². The van der Waals surface area contributed by atoms with E-state index in [1.807, 2.05) is 30.3 Å². The Morgan fingerprint density at radius 3 is 2.48 bits per heavy atom. The first-order valence-electron chi connectivity index (χ1n) is 8.68. The second-order valence-corrected chi connectivity index (χ2v) is 6.73. The fraction of sp³-hybridized carbons (Fsp3) is 0.238. The molecule has 1 heterocycles. The molecule has 0 saturated heterocycles. The van der Waals surface area contributed by atoms with Gasteiger partial charge in [0.2, 0.25) is 0 Å². The van der Waals surface area contributed by atoms with Gasteiger partial charge in [-0.25, -0.2) is 4.79 Å². The molecule has 0 aliphatic rings. The average Bonchev–Trinajstić information content (AvgIpc) is 2.63. The summed E-state index contributed by atoms with van der Waals surface area (Å²) in [6.07, 6.45) is 0. The van der Waals surface area contributed by atoms with Crippen LogP contribution in [0.25, 0.3) is 22.1 Å². The van der Waals surface area contributed by atoms with Crippen LogP contribution >= 0.6 is 0 Å². The number of fused-ring (bicyclic) bond motifs is 1. The van der Waals surface area contributed by atoms with Gasteiger partial charge in [-0.05, 0) is 29.2 Å². The minimum Gasteiger partial charge on any atom is -0.507 e. The maximum absolute atomic E-state index is 12.1. The fourth-order valence-electron chi connectivity index (χ4n) is 3.12. The van der Waals surface area contributed by atoms with Gasteiger partial charge in [0.05, 0.1) is 5.56 Å². The van der Waals surface area contributed by atoms with Gasteiger partial charge in [-0.3, -0.25) is 10.1 Å². The normalized spacial score (nSPS) is 12.4. The first kappa shape index (κ1) is 18.7. The molecule has 0 saturated carbocycles. The number of carboxylic acid groups (broad SMARTS) is 1. The molecule has 0 amide bonds. The Labute approximate surface area is 156 Å². The second-order valence-electron chi connectivity index (χ2n) is 6.73. The lowest BCUT2D eigenvalue weighted by atomic mass is 9.99. The molecule has 1 aromatic heterocycles. The standard InChI is InChI=1S/C21H21NO5/c1-12(2)19(21(25)26)22-11-16-17(23)9-8-14-15(10-18(24)27-20(14)16)13-6-4-3-5-7-13/h3-10,12,19,22-23H,11H2,1-2H3,(H,25,26)/t19-/m1/s1. The molecular weight excluding hydrogens is 346 g/mol. The lowest BCUT2D eigenvalue weighted by molar-refractivity contribution is -0.140. The maximum atomic E-state index is 12.1. The summed E-state index contributed by atoms with van der Waals surface area (Å²) in [6.45, 7) is 3.64. The molecule has 0 unspecified atom stereocenters. The zero-order valence-corrected chi connectivity index (χ0v) is 15.1. The quantitative estimate of drug-likeness (QED) is 0.578. The van der Waals surface area contributed by atoms with Crippen molar-refractivity contribution in [3.8, 4) is 16.9 Å². The van der Waals surface area contributed by atoms with E-state index in [0.717, 1.165) is 5.56 Å². The number of phenolic OH excluding ortho intramolecular Hbond substituents is 1. The summed E-state index contributed by atoms with van der Waals surface area (Å²) in [7, 11) is 0. The van der Waals surface area contributed by atoms with E-state index in [-0.39, 0.29) is 23.8 Å². The number of hydrogen-bond acceptors (Lipinski definition) is 5. The zero-order valence-electron chi connectivity index (χ0n) is 15.1. The minimum absolute atomic E-state index is 0.0551. The van der Waals surface area contributed by atoms with Crippen LogP contribution in [0, 0.1) is 5.92 Å². The van der Waals surface area contributed by atoms with E-state index in [0.29, 0.717) is 16.5 Å². The predicted molar refractivity (Wildman–Crippen MR) is 103 cm³/mol. The first-order chi connectivity index (χ1) is 12.9. The van der Waals surface area contributed by atoms with E-state index in [1.54, 1.807) is 19.9 Å². The van der Waals surface area contributed by atoms with Crippen molar-refractivity contribution >= 4 is 16.9 Å². The van der Waals surface area contributed by atoms with Crippen LogP contribution in [-0.4, -0.2) is 22.2 Å². The molecular formula is C21H21NO5.